The number of benzene rings is 3. The van der Waals surface area contributed by atoms with Crippen LogP contribution in [0.1, 0.15) is 54.8 Å². The lowest BCUT2D eigenvalue weighted by atomic mass is 9.77. The molecule has 6 heteroatoms. The molecule has 0 aromatic heterocycles. The fourth-order valence-electron chi connectivity index (χ4n) is 4.92. The SMILES string of the molecule is CC(C)c1ccc(NS(=O)(=O)c2ccc3c(c2)[C@H]2C=CC[C@H]2[C@@H](c2cccc(Cl)c2)N3)cc1. The van der Waals surface area contributed by atoms with Crippen LogP contribution < -0.4 is 10.0 Å². The number of allylic oxidation sites excluding steroid dienone is 2. The average molecular weight is 479 g/mol. The molecule has 33 heavy (non-hydrogen) atoms. The summed E-state index contributed by atoms with van der Waals surface area (Å²) in [7, 11) is -3.70. The van der Waals surface area contributed by atoms with Crippen molar-refractivity contribution < 1.29 is 8.42 Å². The van der Waals surface area contributed by atoms with Crippen molar-refractivity contribution in [3.05, 3.63) is 101 Å². The van der Waals surface area contributed by atoms with Gasteiger partial charge in [-0.05, 0) is 77.4 Å². The highest BCUT2D eigenvalue weighted by Crippen LogP contribution is 2.50. The lowest BCUT2D eigenvalue weighted by molar-refractivity contribution is 0.425. The summed E-state index contributed by atoms with van der Waals surface area (Å²) in [5.74, 6) is 0.864. The van der Waals surface area contributed by atoms with Gasteiger partial charge >= 0.3 is 0 Å². The fourth-order valence-corrected chi connectivity index (χ4v) is 6.21. The summed E-state index contributed by atoms with van der Waals surface area (Å²) in [6.45, 7) is 4.23. The predicted octanol–water partition coefficient (Wildman–Crippen LogP) is 7.09. The number of hydrogen-bond acceptors (Lipinski definition) is 3. The lowest BCUT2D eigenvalue weighted by Gasteiger charge is -2.37. The molecule has 1 aliphatic heterocycles. The largest absolute Gasteiger partial charge is 0.378 e. The van der Waals surface area contributed by atoms with Crippen molar-refractivity contribution in [3.8, 4) is 0 Å². The number of fused-ring (bicyclic) bond motifs is 3. The van der Waals surface area contributed by atoms with Crippen LogP contribution in [-0.2, 0) is 10.0 Å². The molecule has 0 amide bonds. The van der Waals surface area contributed by atoms with Crippen LogP contribution in [0, 0.1) is 5.92 Å². The van der Waals surface area contributed by atoms with E-state index in [1.165, 1.54) is 5.56 Å². The summed E-state index contributed by atoms with van der Waals surface area (Å²) in [5, 5.41) is 4.36. The zero-order chi connectivity index (χ0) is 23.2. The van der Waals surface area contributed by atoms with E-state index in [9.17, 15) is 8.42 Å². The zero-order valence-corrected chi connectivity index (χ0v) is 20.2. The smallest absolute Gasteiger partial charge is 0.261 e. The summed E-state index contributed by atoms with van der Waals surface area (Å²) in [6, 6.07) is 21.0. The van der Waals surface area contributed by atoms with E-state index in [1.54, 1.807) is 6.07 Å². The maximum Gasteiger partial charge on any atom is 0.261 e. The topological polar surface area (TPSA) is 58.2 Å². The number of nitrogens with one attached hydrogen (secondary N) is 2. The van der Waals surface area contributed by atoms with E-state index in [0.29, 0.717) is 17.5 Å². The van der Waals surface area contributed by atoms with Gasteiger partial charge in [0.25, 0.3) is 10.0 Å². The summed E-state index contributed by atoms with van der Waals surface area (Å²) >= 11 is 6.25. The Morgan fingerprint density at radius 3 is 2.55 bits per heavy atom. The second-order valence-electron chi connectivity index (χ2n) is 9.16. The highest BCUT2D eigenvalue weighted by molar-refractivity contribution is 7.92. The number of hydrogen-bond donors (Lipinski definition) is 2. The van der Waals surface area contributed by atoms with Gasteiger partial charge in [-0.25, -0.2) is 8.42 Å². The van der Waals surface area contributed by atoms with Crippen molar-refractivity contribution in [1.29, 1.82) is 0 Å². The molecule has 0 spiro atoms. The van der Waals surface area contributed by atoms with Crippen LogP contribution in [0.2, 0.25) is 5.02 Å². The first kappa shape index (κ1) is 22.1. The van der Waals surface area contributed by atoms with Crippen molar-refractivity contribution in [2.45, 2.75) is 43.0 Å². The molecule has 0 radical (unpaired) electrons. The minimum absolute atomic E-state index is 0.122. The van der Waals surface area contributed by atoms with Crippen LogP contribution in [0.25, 0.3) is 0 Å². The van der Waals surface area contributed by atoms with Crippen LogP contribution in [0.15, 0.2) is 83.8 Å². The Bertz CT molecular complexity index is 1320. The van der Waals surface area contributed by atoms with Crippen molar-refractivity contribution in [2.75, 3.05) is 10.0 Å². The van der Waals surface area contributed by atoms with Crippen LogP contribution in [0.5, 0.6) is 0 Å². The van der Waals surface area contributed by atoms with E-state index < -0.39 is 10.0 Å². The molecule has 0 saturated carbocycles. The van der Waals surface area contributed by atoms with Crippen molar-refractivity contribution in [2.24, 2.45) is 5.92 Å². The summed E-state index contributed by atoms with van der Waals surface area (Å²) in [4.78, 5) is 0.274. The first-order valence-electron chi connectivity index (χ1n) is 11.3. The van der Waals surface area contributed by atoms with Gasteiger partial charge in [0, 0.05) is 22.3 Å². The summed E-state index contributed by atoms with van der Waals surface area (Å²) in [5.41, 5.74) is 4.87. The van der Waals surface area contributed by atoms with Gasteiger partial charge in [-0.1, -0.05) is 61.9 Å². The van der Waals surface area contributed by atoms with Gasteiger partial charge in [0.15, 0.2) is 0 Å². The Morgan fingerprint density at radius 2 is 1.82 bits per heavy atom. The normalized spacial score (nSPS) is 21.4. The van der Waals surface area contributed by atoms with E-state index in [2.05, 4.69) is 42.1 Å². The first-order chi connectivity index (χ1) is 15.8. The quantitative estimate of drug-likeness (QED) is 0.385. The Balaban J connectivity index is 1.45. The molecule has 0 bridgehead atoms. The first-order valence-corrected chi connectivity index (χ1v) is 13.1. The molecule has 0 fully saturated rings. The maximum atomic E-state index is 13.2. The third-order valence-corrected chi connectivity index (χ3v) is 8.30. The standard InChI is InChI=1S/C27H27ClN2O2S/c1-17(2)18-9-11-21(12-10-18)30-33(31,32)22-13-14-26-25(16-22)23-7-4-8-24(23)27(29-26)19-5-3-6-20(28)15-19/h3-7,9-17,23-24,27,29-30H,8H2,1-2H3/t23-,24+,27+/m0/s1. The van der Waals surface area contributed by atoms with E-state index >= 15 is 0 Å². The predicted molar refractivity (Wildman–Crippen MR) is 136 cm³/mol. The molecule has 170 valence electrons. The highest BCUT2D eigenvalue weighted by atomic mass is 35.5. The molecule has 1 heterocycles. The summed E-state index contributed by atoms with van der Waals surface area (Å²) in [6.07, 6.45) is 5.33. The van der Waals surface area contributed by atoms with E-state index in [4.69, 9.17) is 11.6 Å². The third kappa shape index (κ3) is 4.28. The van der Waals surface area contributed by atoms with Crippen molar-refractivity contribution in [1.82, 2.24) is 0 Å². The Kier molecular flexibility index (Phi) is 5.71. The minimum atomic E-state index is -3.70. The van der Waals surface area contributed by atoms with Crippen molar-refractivity contribution in [3.63, 3.8) is 0 Å². The third-order valence-electron chi connectivity index (χ3n) is 6.68. The van der Waals surface area contributed by atoms with Gasteiger partial charge in [0.1, 0.15) is 0 Å². The van der Waals surface area contributed by atoms with Gasteiger partial charge in [-0.3, -0.25) is 4.72 Å². The Morgan fingerprint density at radius 1 is 1.03 bits per heavy atom. The van der Waals surface area contributed by atoms with Crippen LogP contribution in [0.3, 0.4) is 0 Å². The fraction of sp³-hybridized carbons (Fsp3) is 0.259. The number of halogens is 1. The molecular formula is C27H27ClN2O2S. The van der Waals surface area contributed by atoms with Crippen LogP contribution >= 0.6 is 11.6 Å². The number of anilines is 2. The molecule has 2 N–H and O–H groups in total. The molecule has 0 saturated heterocycles. The maximum absolute atomic E-state index is 13.2. The zero-order valence-electron chi connectivity index (χ0n) is 18.6. The van der Waals surface area contributed by atoms with Gasteiger partial charge in [-0.15, -0.1) is 0 Å². The van der Waals surface area contributed by atoms with E-state index in [-0.39, 0.29) is 16.9 Å². The Labute approximate surface area is 200 Å². The molecular weight excluding hydrogens is 452 g/mol. The molecule has 1 aliphatic carbocycles. The van der Waals surface area contributed by atoms with E-state index in [0.717, 1.165) is 28.3 Å². The second-order valence-corrected chi connectivity index (χ2v) is 11.3. The molecule has 5 rings (SSSR count). The van der Waals surface area contributed by atoms with Gasteiger partial charge in [0.05, 0.1) is 10.9 Å². The average Bonchev–Trinajstić information content (AvgIpc) is 3.28. The highest BCUT2D eigenvalue weighted by Gasteiger charge is 2.38. The van der Waals surface area contributed by atoms with Crippen LogP contribution in [-0.4, -0.2) is 8.42 Å². The molecule has 3 aromatic rings. The van der Waals surface area contributed by atoms with Gasteiger partial charge < -0.3 is 5.32 Å². The lowest BCUT2D eigenvalue weighted by Crippen LogP contribution is -2.29. The molecule has 2 aliphatic rings. The summed E-state index contributed by atoms with van der Waals surface area (Å²) < 4.78 is 29.0. The molecule has 3 aromatic carbocycles. The minimum Gasteiger partial charge on any atom is -0.378 e. The van der Waals surface area contributed by atoms with E-state index in [1.807, 2.05) is 54.6 Å². The molecule has 0 unspecified atom stereocenters. The number of sulfonamides is 1. The molecule has 4 nitrogen and oxygen atoms in total. The Hall–Kier alpha value is -2.76. The van der Waals surface area contributed by atoms with Gasteiger partial charge in [-0.2, -0.15) is 0 Å². The second kappa shape index (κ2) is 8.54. The molecule has 3 atom stereocenters. The van der Waals surface area contributed by atoms with Crippen LogP contribution in [0.4, 0.5) is 11.4 Å². The number of rotatable bonds is 5. The van der Waals surface area contributed by atoms with Gasteiger partial charge in [0.2, 0.25) is 0 Å². The van der Waals surface area contributed by atoms with Crippen molar-refractivity contribution >= 4 is 33.0 Å². The monoisotopic (exact) mass is 478 g/mol.